The highest BCUT2D eigenvalue weighted by Crippen LogP contribution is 2.29. The Morgan fingerprint density at radius 1 is 1.25 bits per heavy atom. The molecular formula is C26H25N3O3. The van der Waals surface area contributed by atoms with Crippen LogP contribution < -0.4 is 4.74 Å². The third kappa shape index (κ3) is 4.20. The summed E-state index contributed by atoms with van der Waals surface area (Å²) in [5.41, 5.74) is 2.91. The Morgan fingerprint density at radius 2 is 2.09 bits per heavy atom. The molecule has 0 aliphatic carbocycles. The predicted molar refractivity (Wildman–Crippen MR) is 124 cm³/mol. The van der Waals surface area contributed by atoms with Crippen molar-refractivity contribution in [2.45, 2.75) is 19.5 Å². The van der Waals surface area contributed by atoms with Crippen molar-refractivity contribution in [3.05, 3.63) is 71.0 Å². The summed E-state index contributed by atoms with van der Waals surface area (Å²) >= 11 is 0. The number of amides is 1. The topological polar surface area (TPSA) is 62.7 Å². The van der Waals surface area contributed by atoms with Crippen molar-refractivity contribution in [2.75, 3.05) is 26.7 Å². The zero-order chi connectivity index (χ0) is 22.7. The van der Waals surface area contributed by atoms with Gasteiger partial charge < -0.3 is 9.64 Å². The fourth-order valence-electron chi connectivity index (χ4n) is 4.38. The lowest BCUT2D eigenvalue weighted by Gasteiger charge is -2.40. The highest BCUT2D eigenvalue weighted by Gasteiger charge is 2.29. The van der Waals surface area contributed by atoms with Gasteiger partial charge in [-0.1, -0.05) is 5.92 Å². The van der Waals surface area contributed by atoms with Crippen LogP contribution in [0.4, 0.5) is 0 Å². The van der Waals surface area contributed by atoms with Crippen LogP contribution in [-0.4, -0.2) is 59.8 Å². The molecule has 6 nitrogen and oxygen atoms in total. The van der Waals surface area contributed by atoms with E-state index in [2.05, 4.69) is 22.7 Å². The number of piperazine rings is 1. The Balaban J connectivity index is 1.51. The van der Waals surface area contributed by atoms with E-state index in [1.54, 1.807) is 25.6 Å². The number of aromatic nitrogens is 1. The second kappa shape index (κ2) is 9.21. The van der Waals surface area contributed by atoms with Crippen LogP contribution in [-0.2, 0) is 6.54 Å². The van der Waals surface area contributed by atoms with E-state index in [9.17, 15) is 9.59 Å². The van der Waals surface area contributed by atoms with Gasteiger partial charge in [0, 0.05) is 72.1 Å². The lowest BCUT2D eigenvalue weighted by Crippen LogP contribution is -2.53. The zero-order valence-electron chi connectivity index (χ0n) is 18.2. The van der Waals surface area contributed by atoms with Gasteiger partial charge in [-0.2, -0.15) is 0 Å². The van der Waals surface area contributed by atoms with Gasteiger partial charge >= 0.3 is 0 Å². The van der Waals surface area contributed by atoms with Crippen LogP contribution in [0.25, 0.3) is 10.8 Å². The van der Waals surface area contributed by atoms with Crippen molar-refractivity contribution >= 4 is 23.0 Å². The molecule has 1 amide bonds. The van der Waals surface area contributed by atoms with E-state index in [0.717, 1.165) is 41.5 Å². The number of nitrogens with zero attached hydrogens (tertiary/aromatic N) is 3. The molecule has 0 radical (unpaired) electrons. The molecule has 0 spiro atoms. The number of rotatable bonds is 5. The molecule has 6 heteroatoms. The summed E-state index contributed by atoms with van der Waals surface area (Å²) < 4.78 is 5.44. The molecule has 2 heterocycles. The molecule has 1 aliphatic heterocycles. The molecule has 4 rings (SSSR count). The molecule has 1 aromatic heterocycles. The van der Waals surface area contributed by atoms with Crippen LogP contribution in [0.3, 0.4) is 0 Å². The first-order valence-corrected chi connectivity index (χ1v) is 10.5. The van der Waals surface area contributed by atoms with Crippen molar-refractivity contribution in [3.63, 3.8) is 0 Å². The van der Waals surface area contributed by atoms with Gasteiger partial charge in [-0.15, -0.1) is 6.42 Å². The van der Waals surface area contributed by atoms with E-state index in [-0.39, 0.29) is 11.9 Å². The Labute approximate surface area is 187 Å². The van der Waals surface area contributed by atoms with Gasteiger partial charge in [0.05, 0.1) is 7.11 Å². The molecule has 1 fully saturated rings. The van der Waals surface area contributed by atoms with Gasteiger partial charge in [0.15, 0.2) is 0 Å². The molecule has 1 saturated heterocycles. The average molecular weight is 428 g/mol. The standard InChI is InChI=1S/C26H25N3O3/c1-4-19-11-20(13-21(12-19)17-30)16-28-9-10-29(18(2)15-28)26(31)23-5-6-25(32-3)22-7-8-27-14-24(22)23/h1,5-8,11-14,17-18H,9-10,15-16H2,2-3H3/t18-/m0/s1. The van der Waals surface area contributed by atoms with E-state index in [1.165, 1.54) is 0 Å². The lowest BCUT2D eigenvalue weighted by atomic mass is 10.0. The summed E-state index contributed by atoms with van der Waals surface area (Å²) in [4.78, 5) is 33.1. The Hall–Kier alpha value is -3.69. The Morgan fingerprint density at radius 3 is 2.81 bits per heavy atom. The number of pyridine rings is 1. The minimum Gasteiger partial charge on any atom is -0.496 e. The summed E-state index contributed by atoms with van der Waals surface area (Å²) in [7, 11) is 1.62. The second-order valence-corrected chi connectivity index (χ2v) is 8.04. The van der Waals surface area contributed by atoms with E-state index in [0.29, 0.717) is 29.8 Å². The van der Waals surface area contributed by atoms with E-state index >= 15 is 0 Å². The zero-order valence-corrected chi connectivity index (χ0v) is 18.2. The highest BCUT2D eigenvalue weighted by atomic mass is 16.5. The third-order valence-electron chi connectivity index (χ3n) is 5.92. The third-order valence-corrected chi connectivity index (χ3v) is 5.92. The van der Waals surface area contributed by atoms with Crippen LogP contribution >= 0.6 is 0 Å². The molecule has 0 N–H and O–H groups in total. The number of ether oxygens (including phenoxy) is 1. The minimum atomic E-state index is -0.00428. The molecule has 32 heavy (non-hydrogen) atoms. The van der Waals surface area contributed by atoms with Gasteiger partial charge in [-0.25, -0.2) is 0 Å². The summed E-state index contributed by atoms with van der Waals surface area (Å²) in [5, 5.41) is 1.66. The van der Waals surface area contributed by atoms with Gasteiger partial charge in [0.25, 0.3) is 5.91 Å². The molecule has 1 atom stereocenters. The predicted octanol–water partition coefficient (Wildman–Crippen LogP) is 3.38. The van der Waals surface area contributed by atoms with Gasteiger partial charge in [-0.3, -0.25) is 19.5 Å². The maximum atomic E-state index is 13.4. The molecule has 0 unspecified atom stereocenters. The van der Waals surface area contributed by atoms with Crippen LogP contribution in [0.5, 0.6) is 5.75 Å². The van der Waals surface area contributed by atoms with Gasteiger partial charge in [0.2, 0.25) is 0 Å². The molecule has 0 bridgehead atoms. The SMILES string of the molecule is C#Cc1cc(C=O)cc(CN2CCN(C(=O)c3ccc(OC)c4ccncc34)[C@@H](C)C2)c1. The highest BCUT2D eigenvalue weighted by molar-refractivity contribution is 6.08. The number of carbonyl (C=O) groups excluding carboxylic acids is 2. The number of hydrogen-bond donors (Lipinski definition) is 0. The minimum absolute atomic E-state index is 0.00428. The molecular weight excluding hydrogens is 402 g/mol. The average Bonchev–Trinajstić information content (AvgIpc) is 2.82. The fourth-order valence-corrected chi connectivity index (χ4v) is 4.38. The number of fused-ring (bicyclic) bond motifs is 1. The van der Waals surface area contributed by atoms with Gasteiger partial charge in [-0.05, 0) is 48.9 Å². The number of benzene rings is 2. The first kappa shape index (κ1) is 21.5. The summed E-state index contributed by atoms with van der Waals surface area (Å²) in [6, 6.07) is 11.1. The number of aldehydes is 1. The van der Waals surface area contributed by atoms with Crippen molar-refractivity contribution in [1.82, 2.24) is 14.8 Å². The summed E-state index contributed by atoms with van der Waals surface area (Å²) in [6.07, 6.45) is 9.76. The Kier molecular flexibility index (Phi) is 6.20. The van der Waals surface area contributed by atoms with E-state index in [1.807, 2.05) is 35.2 Å². The van der Waals surface area contributed by atoms with Crippen LogP contribution in [0.2, 0.25) is 0 Å². The normalized spacial score (nSPS) is 16.5. The van der Waals surface area contributed by atoms with Crippen LogP contribution in [0.15, 0.2) is 48.8 Å². The number of methoxy groups -OCH3 is 1. The molecule has 2 aromatic carbocycles. The second-order valence-electron chi connectivity index (χ2n) is 8.04. The van der Waals surface area contributed by atoms with Crippen molar-refractivity contribution in [3.8, 4) is 18.1 Å². The van der Waals surface area contributed by atoms with Crippen molar-refractivity contribution in [1.29, 1.82) is 0 Å². The van der Waals surface area contributed by atoms with Crippen molar-refractivity contribution < 1.29 is 14.3 Å². The molecule has 1 aliphatic rings. The smallest absolute Gasteiger partial charge is 0.254 e. The maximum absolute atomic E-state index is 13.4. The van der Waals surface area contributed by atoms with Crippen molar-refractivity contribution in [2.24, 2.45) is 0 Å². The van der Waals surface area contributed by atoms with E-state index in [4.69, 9.17) is 11.2 Å². The number of hydrogen-bond acceptors (Lipinski definition) is 5. The van der Waals surface area contributed by atoms with Crippen LogP contribution in [0.1, 0.15) is 38.8 Å². The maximum Gasteiger partial charge on any atom is 0.254 e. The first-order chi connectivity index (χ1) is 15.5. The summed E-state index contributed by atoms with van der Waals surface area (Å²) in [5.74, 6) is 3.33. The fraction of sp³-hybridized carbons (Fsp3) is 0.269. The number of carbonyl (C=O) groups is 2. The quantitative estimate of drug-likeness (QED) is 0.461. The molecule has 3 aromatic rings. The molecule has 162 valence electrons. The van der Waals surface area contributed by atoms with E-state index < -0.39 is 0 Å². The largest absolute Gasteiger partial charge is 0.496 e. The van der Waals surface area contributed by atoms with Gasteiger partial charge in [0.1, 0.15) is 12.0 Å². The first-order valence-electron chi connectivity index (χ1n) is 10.5. The number of terminal acetylenes is 1. The Bertz CT molecular complexity index is 1210. The lowest BCUT2D eigenvalue weighted by molar-refractivity contribution is 0.0477. The monoisotopic (exact) mass is 427 g/mol. The molecule has 0 saturated carbocycles. The summed E-state index contributed by atoms with van der Waals surface area (Å²) in [6.45, 7) is 4.82. The van der Waals surface area contributed by atoms with Crippen LogP contribution in [0, 0.1) is 12.3 Å².